The Balaban J connectivity index is 1.40. The van der Waals surface area contributed by atoms with E-state index in [4.69, 9.17) is 55.8 Å². The topological polar surface area (TPSA) is 192 Å². The average molecular weight is 597 g/mol. The van der Waals surface area contributed by atoms with Gasteiger partial charge in [-0.15, -0.1) is 0 Å². The molecule has 2 aromatic carbocycles. The van der Waals surface area contributed by atoms with Crippen molar-refractivity contribution in [2.24, 2.45) is 11.5 Å². The Kier molecular flexibility index (Phi) is 14.5. The summed E-state index contributed by atoms with van der Waals surface area (Å²) in [5.41, 5.74) is 19.4. The standard InChI is InChI=1S/C30H40N6O7/c1-37-28-16-23(21-43-30-29(34)35-19-26(36-30)24(17-32)18-33)4-7-27(28)42-20-22-2-5-25(6-3-22)41-15-14-40-13-12-39-11-10-38-9-8-31/h2-7,16-19,32H,8-15,20-21,31,33H2,1H3,(H2,34,35)/b24-18+,32-17?. The lowest BCUT2D eigenvalue weighted by Crippen LogP contribution is -2.14. The molecule has 0 spiro atoms. The number of nitrogens with zero attached hydrogens (tertiary/aromatic N) is 2. The highest BCUT2D eigenvalue weighted by Crippen LogP contribution is 2.30. The minimum absolute atomic E-state index is 0.129. The fraction of sp³-hybridized carbons (Fsp3) is 0.367. The van der Waals surface area contributed by atoms with Gasteiger partial charge in [0.05, 0.1) is 58.6 Å². The molecule has 0 aliphatic heterocycles. The Hall–Kier alpha value is -4.43. The first kappa shape index (κ1) is 33.1. The van der Waals surface area contributed by atoms with E-state index in [1.165, 1.54) is 12.4 Å². The van der Waals surface area contributed by atoms with Crippen molar-refractivity contribution in [3.8, 4) is 23.1 Å². The maximum Gasteiger partial charge on any atom is 0.258 e. The van der Waals surface area contributed by atoms with E-state index in [0.717, 1.165) is 23.1 Å². The fourth-order valence-electron chi connectivity index (χ4n) is 3.59. The highest BCUT2D eigenvalue weighted by molar-refractivity contribution is 6.07. The maximum atomic E-state index is 7.43. The highest BCUT2D eigenvalue weighted by Gasteiger charge is 2.11. The lowest BCUT2D eigenvalue weighted by molar-refractivity contribution is 0.0106. The van der Waals surface area contributed by atoms with Gasteiger partial charge < -0.3 is 55.8 Å². The number of nitrogens with one attached hydrogen (secondary N) is 1. The molecule has 0 unspecified atom stereocenters. The summed E-state index contributed by atoms with van der Waals surface area (Å²) >= 11 is 0. The zero-order valence-electron chi connectivity index (χ0n) is 24.3. The summed E-state index contributed by atoms with van der Waals surface area (Å²) in [5.74, 6) is 2.15. The van der Waals surface area contributed by atoms with Crippen LogP contribution in [0.25, 0.3) is 5.57 Å². The van der Waals surface area contributed by atoms with Crippen molar-refractivity contribution in [1.29, 1.82) is 5.41 Å². The van der Waals surface area contributed by atoms with Crippen LogP contribution in [0.15, 0.2) is 54.9 Å². The lowest BCUT2D eigenvalue weighted by Gasteiger charge is -2.14. The van der Waals surface area contributed by atoms with Crippen LogP contribution >= 0.6 is 0 Å². The first-order valence-electron chi connectivity index (χ1n) is 13.7. The van der Waals surface area contributed by atoms with E-state index in [0.29, 0.717) is 82.2 Å². The molecule has 7 N–H and O–H groups in total. The lowest BCUT2D eigenvalue weighted by atomic mass is 10.2. The number of nitrogen functional groups attached to an aromatic ring is 1. The van der Waals surface area contributed by atoms with Crippen LogP contribution < -0.4 is 36.1 Å². The Morgan fingerprint density at radius 1 is 0.814 bits per heavy atom. The van der Waals surface area contributed by atoms with Crippen LogP contribution in [-0.2, 0) is 27.4 Å². The van der Waals surface area contributed by atoms with E-state index in [-0.39, 0.29) is 18.3 Å². The third-order valence-electron chi connectivity index (χ3n) is 5.82. The van der Waals surface area contributed by atoms with Crippen molar-refractivity contribution < 1.29 is 33.2 Å². The van der Waals surface area contributed by atoms with Gasteiger partial charge in [0.15, 0.2) is 17.3 Å². The van der Waals surface area contributed by atoms with Crippen molar-refractivity contribution >= 4 is 17.6 Å². The van der Waals surface area contributed by atoms with E-state index in [9.17, 15) is 0 Å². The van der Waals surface area contributed by atoms with Crippen LogP contribution in [0.4, 0.5) is 5.82 Å². The smallest absolute Gasteiger partial charge is 0.258 e. The molecule has 0 saturated heterocycles. The van der Waals surface area contributed by atoms with Crippen LogP contribution in [0.2, 0.25) is 0 Å². The van der Waals surface area contributed by atoms with Crippen molar-refractivity contribution in [1.82, 2.24) is 9.97 Å². The molecule has 13 nitrogen and oxygen atoms in total. The van der Waals surface area contributed by atoms with Crippen molar-refractivity contribution in [2.75, 3.05) is 65.6 Å². The van der Waals surface area contributed by atoms with Gasteiger partial charge in [0.25, 0.3) is 5.88 Å². The van der Waals surface area contributed by atoms with Crippen LogP contribution in [0, 0.1) is 5.41 Å². The Labute approximate surface area is 251 Å². The number of ether oxygens (including phenoxy) is 7. The molecule has 13 heteroatoms. The van der Waals surface area contributed by atoms with E-state index in [2.05, 4.69) is 9.97 Å². The normalized spacial score (nSPS) is 11.3. The summed E-state index contributed by atoms with van der Waals surface area (Å²) in [6.45, 7) is 4.50. The molecule has 0 bridgehead atoms. The molecule has 232 valence electrons. The predicted octanol–water partition coefficient (Wildman–Crippen LogP) is 2.56. The molecule has 1 aromatic heterocycles. The van der Waals surface area contributed by atoms with E-state index in [1.54, 1.807) is 7.11 Å². The molecule has 0 radical (unpaired) electrons. The Morgan fingerprint density at radius 3 is 2.12 bits per heavy atom. The number of methoxy groups -OCH3 is 1. The first-order valence-corrected chi connectivity index (χ1v) is 13.7. The molecule has 0 atom stereocenters. The largest absolute Gasteiger partial charge is 0.493 e. The van der Waals surface area contributed by atoms with Gasteiger partial charge >= 0.3 is 0 Å². The van der Waals surface area contributed by atoms with E-state index < -0.39 is 0 Å². The van der Waals surface area contributed by atoms with Crippen LogP contribution in [0.3, 0.4) is 0 Å². The van der Waals surface area contributed by atoms with Gasteiger partial charge in [-0.25, -0.2) is 9.97 Å². The molecular formula is C30H40N6O7. The Bertz CT molecular complexity index is 1290. The summed E-state index contributed by atoms with van der Waals surface area (Å²) in [6, 6.07) is 13.1. The van der Waals surface area contributed by atoms with Crippen molar-refractivity contribution in [3.05, 3.63) is 71.7 Å². The van der Waals surface area contributed by atoms with Crippen LogP contribution in [-0.4, -0.2) is 76.1 Å². The van der Waals surface area contributed by atoms with Crippen molar-refractivity contribution in [2.45, 2.75) is 13.2 Å². The van der Waals surface area contributed by atoms with Gasteiger partial charge in [0.1, 0.15) is 25.6 Å². The van der Waals surface area contributed by atoms with Gasteiger partial charge in [-0.05, 0) is 35.4 Å². The van der Waals surface area contributed by atoms with Crippen molar-refractivity contribution in [3.63, 3.8) is 0 Å². The second kappa shape index (κ2) is 18.9. The summed E-state index contributed by atoms with van der Waals surface area (Å²) in [6.07, 6.45) is 3.78. The monoisotopic (exact) mass is 596 g/mol. The zero-order chi connectivity index (χ0) is 30.7. The third kappa shape index (κ3) is 11.4. The number of rotatable bonds is 21. The fourth-order valence-corrected chi connectivity index (χ4v) is 3.59. The number of hydrogen-bond acceptors (Lipinski definition) is 13. The molecule has 3 rings (SSSR count). The molecule has 0 saturated carbocycles. The summed E-state index contributed by atoms with van der Waals surface area (Å²) in [7, 11) is 1.57. The minimum atomic E-state index is 0.129. The molecule has 0 aliphatic rings. The summed E-state index contributed by atoms with van der Waals surface area (Å²) in [5, 5.41) is 7.43. The highest BCUT2D eigenvalue weighted by atomic mass is 16.6. The summed E-state index contributed by atoms with van der Waals surface area (Å²) in [4.78, 5) is 8.39. The molecular weight excluding hydrogens is 556 g/mol. The van der Waals surface area contributed by atoms with E-state index in [1.807, 2.05) is 42.5 Å². The average Bonchev–Trinajstić information content (AvgIpc) is 3.04. The number of anilines is 1. The molecule has 0 aliphatic carbocycles. The number of aromatic nitrogens is 2. The Morgan fingerprint density at radius 2 is 1.47 bits per heavy atom. The van der Waals surface area contributed by atoms with Crippen LogP contribution in [0.5, 0.6) is 23.1 Å². The zero-order valence-corrected chi connectivity index (χ0v) is 24.3. The van der Waals surface area contributed by atoms with Gasteiger partial charge in [-0.2, -0.15) is 0 Å². The number of allylic oxidation sites excluding steroid dienone is 1. The quantitative estimate of drug-likeness (QED) is 0.104. The minimum Gasteiger partial charge on any atom is -0.493 e. The maximum absolute atomic E-state index is 7.43. The summed E-state index contributed by atoms with van der Waals surface area (Å²) < 4.78 is 39.2. The van der Waals surface area contributed by atoms with Crippen LogP contribution in [0.1, 0.15) is 16.8 Å². The van der Waals surface area contributed by atoms with Gasteiger partial charge in [0, 0.05) is 24.5 Å². The van der Waals surface area contributed by atoms with Gasteiger partial charge in [0.2, 0.25) is 0 Å². The number of hydrogen-bond donors (Lipinski definition) is 4. The first-order chi connectivity index (χ1) is 21.1. The molecule has 0 amide bonds. The second-order valence-electron chi connectivity index (χ2n) is 8.89. The number of benzene rings is 2. The number of nitrogens with two attached hydrogens (primary N) is 3. The molecule has 0 fully saturated rings. The second-order valence-corrected chi connectivity index (χ2v) is 8.89. The molecule has 1 heterocycles. The van der Waals surface area contributed by atoms with E-state index >= 15 is 0 Å². The predicted molar refractivity (Wildman–Crippen MR) is 162 cm³/mol. The third-order valence-corrected chi connectivity index (χ3v) is 5.82. The molecule has 43 heavy (non-hydrogen) atoms. The van der Waals surface area contributed by atoms with Gasteiger partial charge in [-0.3, -0.25) is 0 Å². The SMILES string of the molecule is COc1cc(COc2nc(/C(C=N)=C/N)cnc2N)ccc1OCc1ccc(OCCOCCOCCOCCN)cc1. The molecule has 3 aromatic rings. The van der Waals surface area contributed by atoms with Gasteiger partial charge in [-0.1, -0.05) is 18.2 Å².